The first-order valence-electron chi connectivity index (χ1n) is 6.59. The standard InChI is InChI=1S/C14H21N3S/c1-4-16(5-2)10-11(3)17-13-9-7-6-8-12(13)15-14(17)18/h6-9,11H,4-5,10H2,1-3H3,(H,15,18). The van der Waals surface area contributed by atoms with Crippen molar-refractivity contribution in [3.05, 3.63) is 29.0 Å². The van der Waals surface area contributed by atoms with Gasteiger partial charge in [0, 0.05) is 12.6 Å². The van der Waals surface area contributed by atoms with Crippen LogP contribution in [-0.2, 0) is 0 Å². The van der Waals surface area contributed by atoms with Crippen molar-refractivity contribution in [1.82, 2.24) is 14.5 Å². The number of aromatic nitrogens is 2. The van der Waals surface area contributed by atoms with Crippen LogP contribution < -0.4 is 0 Å². The van der Waals surface area contributed by atoms with E-state index in [1.807, 2.05) is 6.07 Å². The highest BCUT2D eigenvalue weighted by Gasteiger charge is 2.13. The number of nitrogens with zero attached hydrogens (tertiary/aromatic N) is 2. The predicted octanol–water partition coefficient (Wildman–Crippen LogP) is 3.60. The Hall–Kier alpha value is -1.13. The van der Waals surface area contributed by atoms with E-state index in [2.05, 4.69) is 53.4 Å². The second kappa shape index (κ2) is 5.67. The molecule has 0 aliphatic carbocycles. The van der Waals surface area contributed by atoms with Gasteiger partial charge in [0.1, 0.15) is 0 Å². The van der Waals surface area contributed by atoms with Crippen molar-refractivity contribution in [3.63, 3.8) is 0 Å². The minimum Gasteiger partial charge on any atom is -0.331 e. The molecule has 1 unspecified atom stereocenters. The molecule has 1 atom stereocenters. The molecule has 0 aliphatic heterocycles. The molecule has 0 radical (unpaired) electrons. The normalized spacial score (nSPS) is 13.3. The van der Waals surface area contributed by atoms with Gasteiger partial charge in [0.25, 0.3) is 0 Å². The number of hydrogen-bond acceptors (Lipinski definition) is 2. The van der Waals surface area contributed by atoms with E-state index in [0.717, 1.165) is 29.9 Å². The number of benzene rings is 1. The summed E-state index contributed by atoms with van der Waals surface area (Å²) < 4.78 is 3.04. The summed E-state index contributed by atoms with van der Waals surface area (Å²) in [5.41, 5.74) is 2.32. The van der Waals surface area contributed by atoms with Crippen LogP contribution in [-0.4, -0.2) is 34.1 Å². The average Bonchev–Trinajstić information content (AvgIpc) is 2.71. The molecule has 3 nitrogen and oxygen atoms in total. The largest absolute Gasteiger partial charge is 0.331 e. The van der Waals surface area contributed by atoms with Gasteiger partial charge in [-0.2, -0.15) is 0 Å². The van der Waals surface area contributed by atoms with Crippen molar-refractivity contribution >= 4 is 23.3 Å². The number of aromatic amines is 1. The summed E-state index contributed by atoms with van der Waals surface area (Å²) in [6.07, 6.45) is 0. The van der Waals surface area contributed by atoms with Gasteiger partial charge in [-0.05, 0) is 44.4 Å². The second-order valence-electron chi connectivity index (χ2n) is 4.65. The number of nitrogens with one attached hydrogen (secondary N) is 1. The summed E-state index contributed by atoms with van der Waals surface area (Å²) in [7, 11) is 0. The van der Waals surface area contributed by atoms with Crippen molar-refractivity contribution in [3.8, 4) is 0 Å². The molecular formula is C14H21N3S. The molecule has 98 valence electrons. The molecule has 0 bridgehead atoms. The van der Waals surface area contributed by atoms with Gasteiger partial charge >= 0.3 is 0 Å². The average molecular weight is 263 g/mol. The van der Waals surface area contributed by atoms with Crippen molar-refractivity contribution in [2.75, 3.05) is 19.6 Å². The zero-order valence-electron chi connectivity index (χ0n) is 11.3. The fourth-order valence-electron chi connectivity index (χ4n) is 2.45. The van der Waals surface area contributed by atoms with Gasteiger partial charge in [0.2, 0.25) is 0 Å². The lowest BCUT2D eigenvalue weighted by Crippen LogP contribution is -2.29. The number of imidazole rings is 1. The lowest BCUT2D eigenvalue weighted by atomic mass is 10.2. The Kier molecular flexibility index (Phi) is 4.19. The highest BCUT2D eigenvalue weighted by molar-refractivity contribution is 7.71. The van der Waals surface area contributed by atoms with Crippen LogP contribution >= 0.6 is 12.2 Å². The highest BCUT2D eigenvalue weighted by Crippen LogP contribution is 2.19. The third-order valence-electron chi connectivity index (χ3n) is 3.48. The van der Waals surface area contributed by atoms with Crippen molar-refractivity contribution < 1.29 is 0 Å². The van der Waals surface area contributed by atoms with E-state index >= 15 is 0 Å². The molecular weight excluding hydrogens is 242 g/mol. The molecule has 0 saturated heterocycles. The maximum absolute atomic E-state index is 5.44. The Labute approximate surface area is 113 Å². The van der Waals surface area contributed by atoms with Crippen LogP contribution in [0.15, 0.2) is 24.3 Å². The first-order chi connectivity index (χ1) is 8.67. The number of fused-ring (bicyclic) bond motifs is 1. The summed E-state index contributed by atoms with van der Waals surface area (Å²) in [4.78, 5) is 5.70. The summed E-state index contributed by atoms with van der Waals surface area (Å²) >= 11 is 5.44. The summed E-state index contributed by atoms with van der Waals surface area (Å²) in [6, 6.07) is 8.68. The Morgan fingerprint density at radius 3 is 2.61 bits per heavy atom. The monoisotopic (exact) mass is 263 g/mol. The van der Waals surface area contributed by atoms with Crippen LogP contribution in [0.25, 0.3) is 11.0 Å². The van der Waals surface area contributed by atoms with Crippen molar-refractivity contribution in [2.24, 2.45) is 0 Å². The fraction of sp³-hybridized carbons (Fsp3) is 0.500. The predicted molar refractivity (Wildman–Crippen MR) is 79.6 cm³/mol. The maximum Gasteiger partial charge on any atom is 0.178 e. The first kappa shape index (κ1) is 13.3. The molecule has 0 amide bonds. The zero-order valence-corrected chi connectivity index (χ0v) is 12.1. The molecule has 4 heteroatoms. The van der Waals surface area contributed by atoms with E-state index < -0.39 is 0 Å². The lowest BCUT2D eigenvalue weighted by Gasteiger charge is -2.24. The number of rotatable bonds is 5. The minimum absolute atomic E-state index is 0.383. The second-order valence-corrected chi connectivity index (χ2v) is 5.04. The molecule has 1 N–H and O–H groups in total. The lowest BCUT2D eigenvalue weighted by molar-refractivity contribution is 0.262. The Balaban J connectivity index is 2.35. The van der Waals surface area contributed by atoms with Crippen LogP contribution in [0, 0.1) is 4.77 Å². The van der Waals surface area contributed by atoms with Gasteiger partial charge in [-0.25, -0.2) is 0 Å². The molecule has 18 heavy (non-hydrogen) atoms. The van der Waals surface area contributed by atoms with E-state index in [9.17, 15) is 0 Å². The fourth-order valence-corrected chi connectivity index (χ4v) is 2.84. The third-order valence-corrected chi connectivity index (χ3v) is 3.78. The molecule has 0 spiro atoms. The van der Waals surface area contributed by atoms with Gasteiger partial charge in [-0.15, -0.1) is 0 Å². The summed E-state index contributed by atoms with van der Waals surface area (Å²) in [6.45, 7) is 9.82. The van der Waals surface area contributed by atoms with Crippen LogP contribution in [0.3, 0.4) is 0 Å². The van der Waals surface area contributed by atoms with Crippen LogP contribution in [0.4, 0.5) is 0 Å². The third kappa shape index (κ3) is 2.49. The van der Waals surface area contributed by atoms with Gasteiger partial charge in [-0.3, -0.25) is 0 Å². The van der Waals surface area contributed by atoms with Gasteiger partial charge in [0.15, 0.2) is 4.77 Å². The zero-order chi connectivity index (χ0) is 13.1. The molecule has 2 aromatic rings. The first-order valence-corrected chi connectivity index (χ1v) is 6.99. The SMILES string of the molecule is CCN(CC)CC(C)n1c(=S)[nH]c2ccccc21. The van der Waals surface area contributed by atoms with E-state index in [4.69, 9.17) is 12.2 Å². The Morgan fingerprint density at radius 1 is 1.28 bits per heavy atom. The van der Waals surface area contributed by atoms with E-state index in [1.165, 1.54) is 5.52 Å². The highest BCUT2D eigenvalue weighted by atomic mass is 32.1. The van der Waals surface area contributed by atoms with Crippen LogP contribution in [0.2, 0.25) is 0 Å². The van der Waals surface area contributed by atoms with Gasteiger partial charge in [-0.1, -0.05) is 26.0 Å². The van der Waals surface area contributed by atoms with Gasteiger partial charge in [0.05, 0.1) is 11.0 Å². The molecule has 1 aromatic heterocycles. The summed E-state index contributed by atoms with van der Waals surface area (Å²) in [5.74, 6) is 0. The van der Waals surface area contributed by atoms with Crippen LogP contribution in [0.1, 0.15) is 26.8 Å². The summed E-state index contributed by atoms with van der Waals surface area (Å²) in [5, 5.41) is 0. The van der Waals surface area contributed by atoms with Crippen LogP contribution in [0.5, 0.6) is 0 Å². The number of hydrogen-bond donors (Lipinski definition) is 1. The minimum atomic E-state index is 0.383. The molecule has 2 rings (SSSR count). The van der Waals surface area contributed by atoms with E-state index in [-0.39, 0.29) is 0 Å². The van der Waals surface area contributed by atoms with E-state index in [0.29, 0.717) is 6.04 Å². The molecule has 0 aliphatic rings. The maximum atomic E-state index is 5.44. The van der Waals surface area contributed by atoms with E-state index in [1.54, 1.807) is 0 Å². The Morgan fingerprint density at radius 2 is 1.94 bits per heavy atom. The number of likely N-dealkylation sites (N-methyl/N-ethyl adjacent to an activating group) is 1. The molecule has 1 heterocycles. The quantitative estimate of drug-likeness (QED) is 0.833. The number of para-hydroxylation sites is 2. The van der Waals surface area contributed by atoms with Crippen molar-refractivity contribution in [1.29, 1.82) is 0 Å². The number of H-pyrrole nitrogens is 1. The smallest absolute Gasteiger partial charge is 0.178 e. The molecule has 0 saturated carbocycles. The molecule has 0 fully saturated rings. The molecule has 1 aromatic carbocycles. The van der Waals surface area contributed by atoms with Crippen molar-refractivity contribution in [2.45, 2.75) is 26.8 Å². The van der Waals surface area contributed by atoms with Gasteiger partial charge < -0.3 is 14.5 Å². The topological polar surface area (TPSA) is 24.0 Å². The Bertz CT molecular complexity index is 566.